The maximum absolute atomic E-state index is 2.29. The van der Waals surface area contributed by atoms with E-state index in [1.165, 1.54) is 34.1 Å². The highest BCUT2D eigenvalue weighted by molar-refractivity contribution is 7.19. The number of fused-ring (bicyclic) bond motifs is 3. The third kappa shape index (κ3) is 1.05. The first-order valence-corrected chi connectivity index (χ1v) is 5.85. The summed E-state index contributed by atoms with van der Waals surface area (Å²) in [7, 11) is 0. The van der Waals surface area contributed by atoms with Gasteiger partial charge in [0.15, 0.2) is 0 Å². The molecule has 1 aromatic carbocycles. The Hall–Kier alpha value is -1.08. The minimum Gasteiger partial charge on any atom is -0.139 e. The largest absolute Gasteiger partial charge is 0.139 e. The molecule has 0 nitrogen and oxygen atoms in total. The highest BCUT2D eigenvalue weighted by Gasteiger charge is 2.12. The highest BCUT2D eigenvalue weighted by Crippen LogP contribution is 2.36. The van der Waals surface area contributed by atoms with Gasteiger partial charge in [-0.3, -0.25) is 0 Å². The number of allylic oxidation sites excluding steroid dienone is 1. The van der Waals surface area contributed by atoms with Gasteiger partial charge in [-0.2, -0.15) is 0 Å². The van der Waals surface area contributed by atoms with Crippen molar-refractivity contribution in [3.05, 3.63) is 40.3 Å². The molecule has 0 fully saturated rings. The Kier molecular flexibility index (Phi) is 1.74. The van der Waals surface area contributed by atoms with Gasteiger partial charge in [0.2, 0.25) is 0 Å². The van der Waals surface area contributed by atoms with E-state index in [9.17, 15) is 0 Å². The maximum atomic E-state index is 2.29. The third-order valence-corrected chi connectivity index (χ3v) is 4.27. The predicted molar refractivity (Wildman–Crippen MR) is 63.9 cm³/mol. The van der Waals surface area contributed by atoms with E-state index in [0.717, 1.165) is 0 Å². The number of hydrogen-bond donors (Lipinski definition) is 0. The molecular weight excluding hydrogens is 188 g/mol. The van der Waals surface area contributed by atoms with Crippen LogP contribution in [0.15, 0.2) is 24.3 Å². The Balaban J connectivity index is 2.43. The van der Waals surface area contributed by atoms with Crippen molar-refractivity contribution in [1.29, 1.82) is 0 Å². The van der Waals surface area contributed by atoms with Crippen LogP contribution in [0.1, 0.15) is 22.4 Å². The van der Waals surface area contributed by atoms with E-state index in [1.54, 1.807) is 4.88 Å². The van der Waals surface area contributed by atoms with Crippen LogP contribution in [0, 0.1) is 6.92 Å². The summed E-state index contributed by atoms with van der Waals surface area (Å²) in [5, 5.41) is 1.45. The van der Waals surface area contributed by atoms with Crippen LogP contribution in [0.5, 0.6) is 0 Å². The molecule has 0 saturated carbocycles. The second-order valence-corrected chi connectivity index (χ2v) is 4.94. The fourth-order valence-electron chi connectivity index (χ4n) is 2.11. The van der Waals surface area contributed by atoms with E-state index < -0.39 is 0 Å². The first-order chi connectivity index (χ1) is 6.86. The molecule has 0 bridgehead atoms. The molecule has 1 aliphatic rings. The maximum Gasteiger partial charge on any atom is 0.0381 e. The third-order valence-electron chi connectivity index (χ3n) is 2.85. The molecule has 0 N–H and O–H groups in total. The second kappa shape index (κ2) is 2.96. The molecule has 1 aromatic heterocycles. The average molecular weight is 200 g/mol. The molecule has 0 unspecified atom stereocenters. The summed E-state index contributed by atoms with van der Waals surface area (Å²) in [6, 6.07) is 6.61. The molecule has 1 aliphatic carbocycles. The van der Waals surface area contributed by atoms with Crippen molar-refractivity contribution in [3.8, 4) is 0 Å². The minimum absolute atomic E-state index is 1.21. The summed E-state index contributed by atoms with van der Waals surface area (Å²) in [6.07, 6.45) is 7.01. The Bertz CT molecular complexity index is 517. The second-order valence-electron chi connectivity index (χ2n) is 3.83. The Labute approximate surface area is 87.9 Å². The van der Waals surface area contributed by atoms with Crippen LogP contribution < -0.4 is 0 Å². The molecule has 70 valence electrons. The van der Waals surface area contributed by atoms with Crippen LogP contribution in [0.2, 0.25) is 0 Å². The first kappa shape index (κ1) is 8.25. The fourth-order valence-corrected chi connectivity index (χ4v) is 3.38. The van der Waals surface area contributed by atoms with Gasteiger partial charge < -0.3 is 0 Å². The molecule has 0 radical (unpaired) electrons. The zero-order valence-electron chi connectivity index (χ0n) is 8.21. The number of benzene rings is 1. The van der Waals surface area contributed by atoms with Crippen molar-refractivity contribution in [3.63, 3.8) is 0 Å². The number of aryl methyl sites for hydroxylation is 2. The predicted octanol–water partition coefficient (Wildman–Crippen LogP) is 4.17. The van der Waals surface area contributed by atoms with Gasteiger partial charge in [-0.1, -0.05) is 30.4 Å². The lowest BCUT2D eigenvalue weighted by molar-refractivity contribution is 1.02. The Morgan fingerprint density at radius 3 is 3.14 bits per heavy atom. The lowest BCUT2D eigenvalue weighted by Crippen LogP contribution is -1.86. The van der Waals surface area contributed by atoms with Crippen molar-refractivity contribution in [2.75, 3.05) is 0 Å². The summed E-state index contributed by atoms with van der Waals surface area (Å²) in [5.74, 6) is 0. The van der Waals surface area contributed by atoms with Gasteiger partial charge in [-0.05, 0) is 30.9 Å². The monoisotopic (exact) mass is 200 g/mol. The molecule has 1 heterocycles. The van der Waals surface area contributed by atoms with Gasteiger partial charge in [0.05, 0.1) is 0 Å². The molecular formula is C13H12S. The van der Waals surface area contributed by atoms with Crippen LogP contribution in [-0.4, -0.2) is 0 Å². The SMILES string of the molecule is Cc1cccc2c3c(sc12)CCC=C3. The standard InChI is InChI=1S/C13H12S/c1-9-5-4-7-11-10-6-2-3-8-12(10)14-13(9)11/h2,4-7H,3,8H2,1H3. The number of thiophene rings is 1. The fraction of sp³-hybridized carbons (Fsp3) is 0.231. The summed E-state index contributed by atoms with van der Waals surface area (Å²) >= 11 is 1.98. The van der Waals surface area contributed by atoms with Gasteiger partial charge in [-0.25, -0.2) is 0 Å². The van der Waals surface area contributed by atoms with Crippen molar-refractivity contribution in [1.82, 2.24) is 0 Å². The quantitative estimate of drug-likeness (QED) is 0.598. The van der Waals surface area contributed by atoms with Gasteiger partial charge in [0.25, 0.3) is 0 Å². The van der Waals surface area contributed by atoms with Crippen LogP contribution in [0.3, 0.4) is 0 Å². The van der Waals surface area contributed by atoms with Crippen LogP contribution in [0.4, 0.5) is 0 Å². The van der Waals surface area contributed by atoms with E-state index >= 15 is 0 Å². The Morgan fingerprint density at radius 2 is 2.21 bits per heavy atom. The van der Waals surface area contributed by atoms with E-state index in [-0.39, 0.29) is 0 Å². The molecule has 0 aliphatic heterocycles. The highest BCUT2D eigenvalue weighted by atomic mass is 32.1. The van der Waals surface area contributed by atoms with Crippen molar-refractivity contribution >= 4 is 27.5 Å². The Morgan fingerprint density at radius 1 is 1.29 bits per heavy atom. The van der Waals surface area contributed by atoms with E-state index in [4.69, 9.17) is 0 Å². The number of hydrogen-bond acceptors (Lipinski definition) is 1. The van der Waals surface area contributed by atoms with E-state index in [2.05, 4.69) is 37.3 Å². The molecule has 0 atom stereocenters. The zero-order valence-corrected chi connectivity index (χ0v) is 9.03. The molecule has 0 saturated heterocycles. The van der Waals surface area contributed by atoms with Gasteiger partial charge >= 0.3 is 0 Å². The van der Waals surface area contributed by atoms with Crippen molar-refractivity contribution in [2.45, 2.75) is 19.8 Å². The molecule has 3 rings (SSSR count). The molecule has 0 amide bonds. The van der Waals surface area contributed by atoms with Crippen molar-refractivity contribution in [2.24, 2.45) is 0 Å². The molecule has 0 spiro atoms. The molecule has 1 heteroatoms. The van der Waals surface area contributed by atoms with Crippen LogP contribution in [0.25, 0.3) is 16.2 Å². The van der Waals surface area contributed by atoms with Gasteiger partial charge in [-0.15, -0.1) is 11.3 Å². The zero-order chi connectivity index (χ0) is 9.54. The molecule has 2 aromatic rings. The summed E-state index contributed by atoms with van der Waals surface area (Å²) in [6.45, 7) is 2.20. The normalized spacial score (nSPS) is 14.6. The number of rotatable bonds is 0. The average Bonchev–Trinajstić information content (AvgIpc) is 2.59. The topological polar surface area (TPSA) is 0 Å². The summed E-state index contributed by atoms with van der Waals surface area (Å²) in [4.78, 5) is 1.57. The lowest BCUT2D eigenvalue weighted by atomic mass is 10.0. The van der Waals surface area contributed by atoms with Gasteiger partial charge in [0.1, 0.15) is 0 Å². The van der Waals surface area contributed by atoms with Crippen LogP contribution in [-0.2, 0) is 6.42 Å². The van der Waals surface area contributed by atoms with E-state index in [0.29, 0.717) is 0 Å². The smallest absolute Gasteiger partial charge is 0.0381 e. The lowest BCUT2D eigenvalue weighted by Gasteiger charge is -2.02. The van der Waals surface area contributed by atoms with E-state index in [1.807, 2.05) is 11.3 Å². The van der Waals surface area contributed by atoms with Crippen molar-refractivity contribution < 1.29 is 0 Å². The van der Waals surface area contributed by atoms with Crippen LogP contribution >= 0.6 is 11.3 Å². The first-order valence-electron chi connectivity index (χ1n) is 5.04. The summed E-state index contributed by atoms with van der Waals surface area (Å²) < 4.78 is 1.48. The summed E-state index contributed by atoms with van der Waals surface area (Å²) in [5.41, 5.74) is 2.88. The minimum atomic E-state index is 1.21. The van der Waals surface area contributed by atoms with Gasteiger partial charge in [0, 0.05) is 15.0 Å². The molecule has 14 heavy (non-hydrogen) atoms.